The summed E-state index contributed by atoms with van der Waals surface area (Å²) in [6.45, 7) is 0. The SMILES string of the molecule is OC(Cc1nc2ccccc2s1)C(O)C1CC1. The van der Waals surface area contributed by atoms with E-state index in [0.29, 0.717) is 12.3 Å². The van der Waals surface area contributed by atoms with Gasteiger partial charge in [-0.25, -0.2) is 4.98 Å². The van der Waals surface area contributed by atoms with E-state index >= 15 is 0 Å². The molecule has 0 aliphatic heterocycles. The van der Waals surface area contributed by atoms with Crippen molar-refractivity contribution >= 4 is 21.6 Å². The number of thiazole rings is 1. The third kappa shape index (κ3) is 2.34. The Kier molecular flexibility index (Phi) is 2.86. The predicted octanol–water partition coefficient (Wildman–Crippen LogP) is 1.97. The maximum absolute atomic E-state index is 9.92. The molecule has 2 aromatic rings. The van der Waals surface area contributed by atoms with Crippen molar-refractivity contribution in [3.8, 4) is 0 Å². The van der Waals surface area contributed by atoms with Crippen LogP contribution in [-0.4, -0.2) is 27.4 Å². The molecule has 1 aliphatic carbocycles. The summed E-state index contributed by atoms with van der Waals surface area (Å²) >= 11 is 1.59. The molecule has 2 N–H and O–H groups in total. The minimum atomic E-state index is -0.678. The molecule has 2 atom stereocenters. The van der Waals surface area contributed by atoms with Crippen molar-refractivity contribution in [2.75, 3.05) is 0 Å². The van der Waals surface area contributed by atoms with Crippen LogP contribution in [-0.2, 0) is 6.42 Å². The fourth-order valence-corrected chi connectivity index (χ4v) is 3.08. The normalized spacial score (nSPS) is 19.4. The van der Waals surface area contributed by atoms with Crippen LogP contribution in [0.15, 0.2) is 24.3 Å². The Morgan fingerprint density at radius 2 is 2.06 bits per heavy atom. The van der Waals surface area contributed by atoms with Crippen molar-refractivity contribution in [2.45, 2.75) is 31.5 Å². The quantitative estimate of drug-likeness (QED) is 0.871. The van der Waals surface area contributed by atoms with Crippen LogP contribution in [0.2, 0.25) is 0 Å². The lowest BCUT2D eigenvalue weighted by atomic mass is 10.1. The van der Waals surface area contributed by atoms with E-state index in [4.69, 9.17) is 0 Å². The first-order valence-electron chi connectivity index (χ1n) is 5.94. The van der Waals surface area contributed by atoms with E-state index in [2.05, 4.69) is 4.98 Å². The number of nitrogens with zero attached hydrogens (tertiary/aromatic N) is 1. The fraction of sp³-hybridized carbons (Fsp3) is 0.462. The second-order valence-electron chi connectivity index (χ2n) is 4.67. The summed E-state index contributed by atoms with van der Waals surface area (Å²) in [5.41, 5.74) is 0.973. The zero-order valence-electron chi connectivity index (χ0n) is 9.41. The first kappa shape index (κ1) is 11.1. The van der Waals surface area contributed by atoms with Crippen LogP contribution < -0.4 is 0 Å². The summed E-state index contributed by atoms with van der Waals surface area (Å²) in [4.78, 5) is 4.46. The Morgan fingerprint density at radius 3 is 2.76 bits per heavy atom. The van der Waals surface area contributed by atoms with Crippen LogP contribution in [0.1, 0.15) is 17.8 Å². The Labute approximate surface area is 104 Å². The van der Waals surface area contributed by atoms with Gasteiger partial charge in [0.2, 0.25) is 0 Å². The van der Waals surface area contributed by atoms with Gasteiger partial charge in [0.15, 0.2) is 0 Å². The number of aromatic nitrogens is 1. The van der Waals surface area contributed by atoms with Gasteiger partial charge in [0.05, 0.1) is 27.4 Å². The number of hydrogen-bond donors (Lipinski definition) is 2. The molecule has 2 unspecified atom stereocenters. The zero-order chi connectivity index (χ0) is 11.8. The largest absolute Gasteiger partial charge is 0.390 e. The van der Waals surface area contributed by atoms with Gasteiger partial charge < -0.3 is 10.2 Å². The highest BCUT2D eigenvalue weighted by Gasteiger charge is 2.34. The lowest BCUT2D eigenvalue weighted by molar-refractivity contribution is 0.00673. The Bertz CT molecular complexity index is 488. The monoisotopic (exact) mass is 249 g/mol. The molecular weight excluding hydrogens is 234 g/mol. The highest BCUT2D eigenvalue weighted by atomic mass is 32.1. The molecule has 3 rings (SSSR count). The van der Waals surface area contributed by atoms with E-state index in [1.165, 1.54) is 0 Å². The predicted molar refractivity (Wildman–Crippen MR) is 68.1 cm³/mol. The Morgan fingerprint density at radius 1 is 1.29 bits per heavy atom. The molecule has 0 amide bonds. The van der Waals surface area contributed by atoms with Crippen LogP contribution in [0, 0.1) is 5.92 Å². The van der Waals surface area contributed by atoms with Crippen molar-refractivity contribution < 1.29 is 10.2 Å². The summed E-state index contributed by atoms with van der Waals surface area (Å²) in [6.07, 6.45) is 1.28. The average molecular weight is 249 g/mol. The third-order valence-corrected chi connectivity index (χ3v) is 4.28. The van der Waals surface area contributed by atoms with Gasteiger partial charge in [0.1, 0.15) is 0 Å². The van der Waals surface area contributed by atoms with Gasteiger partial charge in [-0.15, -0.1) is 11.3 Å². The smallest absolute Gasteiger partial charge is 0.0965 e. The van der Waals surface area contributed by atoms with Crippen LogP contribution in [0.25, 0.3) is 10.2 Å². The maximum Gasteiger partial charge on any atom is 0.0965 e. The molecule has 1 aliphatic rings. The molecule has 1 saturated carbocycles. The topological polar surface area (TPSA) is 53.4 Å². The van der Waals surface area contributed by atoms with Gasteiger partial charge in [0.25, 0.3) is 0 Å². The molecule has 1 fully saturated rings. The van der Waals surface area contributed by atoms with Crippen LogP contribution >= 0.6 is 11.3 Å². The summed E-state index contributed by atoms with van der Waals surface area (Å²) in [7, 11) is 0. The van der Waals surface area contributed by atoms with E-state index < -0.39 is 12.2 Å². The van der Waals surface area contributed by atoms with Gasteiger partial charge >= 0.3 is 0 Å². The van der Waals surface area contributed by atoms with Crippen molar-refractivity contribution in [1.29, 1.82) is 0 Å². The van der Waals surface area contributed by atoms with Crippen molar-refractivity contribution in [2.24, 2.45) is 5.92 Å². The van der Waals surface area contributed by atoms with Crippen LogP contribution in [0.4, 0.5) is 0 Å². The summed E-state index contributed by atoms with van der Waals surface area (Å²) in [5, 5.41) is 20.6. The van der Waals surface area contributed by atoms with E-state index in [9.17, 15) is 10.2 Å². The number of para-hydroxylation sites is 1. The Hall–Kier alpha value is -0.970. The molecule has 0 bridgehead atoms. The minimum Gasteiger partial charge on any atom is -0.390 e. The molecule has 0 spiro atoms. The fourth-order valence-electron chi connectivity index (χ4n) is 2.06. The van der Waals surface area contributed by atoms with Gasteiger partial charge in [-0.1, -0.05) is 12.1 Å². The molecule has 0 radical (unpaired) electrons. The van der Waals surface area contributed by atoms with E-state index in [0.717, 1.165) is 28.1 Å². The van der Waals surface area contributed by atoms with Gasteiger partial charge in [-0.05, 0) is 30.9 Å². The number of rotatable bonds is 4. The molecule has 1 aromatic carbocycles. The maximum atomic E-state index is 9.92. The first-order chi connectivity index (χ1) is 8.24. The standard InChI is InChI=1S/C13H15NO2S/c15-10(13(16)8-5-6-8)7-12-14-9-3-1-2-4-11(9)17-12/h1-4,8,10,13,15-16H,5-7H2. The average Bonchev–Trinajstić information content (AvgIpc) is 3.08. The van der Waals surface area contributed by atoms with Crippen LogP contribution in [0.5, 0.6) is 0 Å². The third-order valence-electron chi connectivity index (χ3n) is 3.22. The minimum absolute atomic E-state index is 0.305. The van der Waals surface area contributed by atoms with Gasteiger partial charge in [0, 0.05) is 6.42 Å². The molecule has 17 heavy (non-hydrogen) atoms. The van der Waals surface area contributed by atoms with E-state index in [-0.39, 0.29) is 0 Å². The van der Waals surface area contributed by atoms with Crippen molar-refractivity contribution in [3.05, 3.63) is 29.3 Å². The van der Waals surface area contributed by atoms with Crippen molar-refractivity contribution in [1.82, 2.24) is 4.98 Å². The lowest BCUT2D eigenvalue weighted by Crippen LogP contribution is -2.29. The first-order valence-corrected chi connectivity index (χ1v) is 6.76. The zero-order valence-corrected chi connectivity index (χ0v) is 10.2. The summed E-state index contributed by atoms with van der Waals surface area (Å²) < 4.78 is 1.13. The molecule has 1 aromatic heterocycles. The highest BCUT2D eigenvalue weighted by molar-refractivity contribution is 7.18. The lowest BCUT2D eigenvalue weighted by Gasteiger charge is -2.15. The molecule has 0 saturated heterocycles. The number of hydrogen-bond acceptors (Lipinski definition) is 4. The molecular formula is C13H15NO2S. The number of aliphatic hydroxyl groups is 2. The van der Waals surface area contributed by atoms with Crippen molar-refractivity contribution in [3.63, 3.8) is 0 Å². The van der Waals surface area contributed by atoms with E-state index in [1.54, 1.807) is 11.3 Å². The highest BCUT2D eigenvalue weighted by Crippen LogP contribution is 2.35. The van der Waals surface area contributed by atoms with E-state index in [1.807, 2.05) is 24.3 Å². The molecule has 1 heterocycles. The van der Waals surface area contributed by atoms with Gasteiger partial charge in [-0.3, -0.25) is 0 Å². The van der Waals surface area contributed by atoms with Crippen LogP contribution in [0.3, 0.4) is 0 Å². The second kappa shape index (κ2) is 4.37. The number of benzene rings is 1. The summed E-state index contributed by atoms with van der Waals surface area (Å²) in [6, 6.07) is 7.94. The second-order valence-corrected chi connectivity index (χ2v) is 5.79. The molecule has 90 valence electrons. The summed E-state index contributed by atoms with van der Waals surface area (Å²) in [5.74, 6) is 0.305. The Balaban J connectivity index is 1.75. The number of aliphatic hydroxyl groups excluding tert-OH is 2. The van der Waals surface area contributed by atoms with Gasteiger partial charge in [-0.2, -0.15) is 0 Å². The molecule has 3 nitrogen and oxygen atoms in total. The number of fused-ring (bicyclic) bond motifs is 1. The molecule has 4 heteroatoms.